The quantitative estimate of drug-likeness (QED) is 0.624. The molecular weight excluding hydrogens is 256 g/mol. The van der Waals surface area contributed by atoms with Crippen molar-refractivity contribution in [3.63, 3.8) is 0 Å². The topological polar surface area (TPSA) is 51.5 Å². The van der Waals surface area contributed by atoms with Crippen molar-refractivity contribution in [1.29, 1.82) is 0 Å². The van der Waals surface area contributed by atoms with Crippen molar-refractivity contribution in [2.75, 3.05) is 20.7 Å². The first kappa shape index (κ1) is 14.4. The maximum Gasteiger partial charge on any atom is 0.339 e. The van der Waals surface area contributed by atoms with Crippen molar-refractivity contribution in [2.24, 2.45) is 7.05 Å². The van der Waals surface area contributed by atoms with Gasteiger partial charge in [-0.2, -0.15) is 0 Å². The van der Waals surface area contributed by atoms with E-state index in [1.54, 1.807) is 24.7 Å². The summed E-state index contributed by atoms with van der Waals surface area (Å²) in [5.74, 6) is -0.352. The second-order valence-electron chi connectivity index (χ2n) is 5.15. The van der Waals surface area contributed by atoms with E-state index in [4.69, 9.17) is 4.74 Å². The van der Waals surface area contributed by atoms with Gasteiger partial charge in [-0.25, -0.2) is 4.79 Å². The molecule has 0 aromatic carbocycles. The van der Waals surface area contributed by atoms with Crippen LogP contribution in [0.2, 0.25) is 0 Å². The Morgan fingerprint density at radius 1 is 1.45 bits per heavy atom. The Balaban J connectivity index is 2.43. The van der Waals surface area contributed by atoms with Gasteiger partial charge in [-0.3, -0.25) is 4.79 Å². The van der Waals surface area contributed by atoms with Gasteiger partial charge in [0, 0.05) is 39.1 Å². The number of nitrogens with zero attached hydrogens (tertiary/aromatic N) is 2. The summed E-state index contributed by atoms with van der Waals surface area (Å²) in [5, 5.41) is 0. The molecule has 5 nitrogen and oxygen atoms in total. The largest absolute Gasteiger partial charge is 0.462 e. The molecule has 1 aromatic rings. The third-order valence-corrected chi connectivity index (χ3v) is 3.35. The van der Waals surface area contributed by atoms with Crippen LogP contribution in [0.1, 0.15) is 39.8 Å². The van der Waals surface area contributed by atoms with Crippen molar-refractivity contribution in [3.8, 4) is 0 Å². The Hall–Kier alpha value is -2.04. The zero-order valence-electron chi connectivity index (χ0n) is 12.4. The number of esters is 1. The van der Waals surface area contributed by atoms with Gasteiger partial charge in [0.15, 0.2) is 0 Å². The molecule has 108 valence electrons. The van der Waals surface area contributed by atoms with Gasteiger partial charge in [0.25, 0.3) is 0 Å². The first-order chi connectivity index (χ1) is 9.45. The number of rotatable bonds is 3. The number of fused-ring (bicyclic) bond motifs is 1. The van der Waals surface area contributed by atoms with Crippen LogP contribution < -0.4 is 0 Å². The molecule has 0 spiro atoms. The fraction of sp³-hybridized carbons (Fsp3) is 0.467. The Morgan fingerprint density at radius 2 is 2.15 bits per heavy atom. The molecule has 1 aromatic heterocycles. The summed E-state index contributed by atoms with van der Waals surface area (Å²) in [6.07, 6.45) is 4.89. The molecule has 0 bridgehead atoms. The molecule has 2 rings (SSSR count). The third kappa shape index (κ3) is 2.48. The van der Waals surface area contributed by atoms with Crippen LogP contribution in [0.3, 0.4) is 0 Å². The van der Waals surface area contributed by atoms with Crippen LogP contribution in [0.4, 0.5) is 0 Å². The number of hydrogen-bond donors (Lipinski definition) is 0. The minimum Gasteiger partial charge on any atom is -0.462 e. The molecular formula is C15H20N2O3. The number of Topliss-reactive ketones (excluding diaryl/α,β-unsaturated/α-hetero) is 1. The molecule has 0 amide bonds. The molecule has 0 atom stereocenters. The highest BCUT2D eigenvalue weighted by Crippen LogP contribution is 2.29. The van der Waals surface area contributed by atoms with E-state index in [9.17, 15) is 9.59 Å². The van der Waals surface area contributed by atoms with Crippen molar-refractivity contribution in [1.82, 2.24) is 9.47 Å². The number of ketones is 1. The molecule has 0 unspecified atom stereocenters. The van der Waals surface area contributed by atoms with Gasteiger partial charge < -0.3 is 14.2 Å². The summed E-state index contributed by atoms with van der Waals surface area (Å²) in [7, 11) is 5.58. The van der Waals surface area contributed by atoms with Crippen LogP contribution >= 0.6 is 0 Å². The summed E-state index contributed by atoms with van der Waals surface area (Å²) in [6, 6.07) is 0. The van der Waals surface area contributed by atoms with Crippen molar-refractivity contribution in [3.05, 3.63) is 34.8 Å². The van der Waals surface area contributed by atoms with Gasteiger partial charge >= 0.3 is 5.97 Å². The fourth-order valence-corrected chi connectivity index (χ4v) is 2.57. The molecule has 0 saturated carbocycles. The second kappa shape index (κ2) is 5.53. The zero-order valence-corrected chi connectivity index (χ0v) is 12.4. The molecule has 20 heavy (non-hydrogen) atoms. The van der Waals surface area contributed by atoms with E-state index < -0.39 is 0 Å². The van der Waals surface area contributed by atoms with Gasteiger partial charge in [0.2, 0.25) is 5.78 Å². The molecule has 0 radical (unpaired) electrons. The fourth-order valence-electron chi connectivity index (χ4n) is 2.57. The van der Waals surface area contributed by atoms with Crippen molar-refractivity contribution < 1.29 is 14.3 Å². The predicted octanol–water partition coefficient (Wildman–Crippen LogP) is 1.78. The van der Waals surface area contributed by atoms with E-state index in [-0.39, 0.29) is 11.8 Å². The van der Waals surface area contributed by atoms with Crippen LogP contribution in [-0.2, 0) is 18.2 Å². The number of carbonyl (C=O) groups excluding carboxylic acids is 2. The highest BCUT2D eigenvalue weighted by Gasteiger charge is 2.30. The van der Waals surface area contributed by atoms with E-state index in [1.807, 2.05) is 25.2 Å². The molecule has 0 N–H and O–H groups in total. The second-order valence-corrected chi connectivity index (χ2v) is 5.15. The first-order valence-electron chi connectivity index (χ1n) is 6.72. The van der Waals surface area contributed by atoms with Crippen molar-refractivity contribution in [2.45, 2.75) is 19.8 Å². The summed E-state index contributed by atoms with van der Waals surface area (Å²) in [6.45, 7) is 2.11. The third-order valence-electron chi connectivity index (χ3n) is 3.35. The van der Waals surface area contributed by atoms with E-state index >= 15 is 0 Å². The van der Waals surface area contributed by atoms with E-state index in [1.165, 1.54) is 0 Å². The summed E-state index contributed by atoms with van der Waals surface area (Å²) in [5.41, 5.74) is 2.71. The number of ether oxygens (including phenoxy) is 1. The minimum atomic E-state index is -0.350. The molecule has 1 heterocycles. The van der Waals surface area contributed by atoms with Crippen LogP contribution in [0.25, 0.3) is 0 Å². The molecule has 1 aliphatic carbocycles. The lowest BCUT2D eigenvalue weighted by molar-refractivity contribution is 0.0525. The molecule has 5 heteroatoms. The minimum absolute atomic E-state index is 0.00185. The highest BCUT2D eigenvalue weighted by atomic mass is 16.5. The van der Waals surface area contributed by atoms with E-state index in [0.717, 1.165) is 11.1 Å². The maximum atomic E-state index is 12.5. The summed E-state index contributed by atoms with van der Waals surface area (Å²) < 4.78 is 6.78. The van der Waals surface area contributed by atoms with Crippen LogP contribution in [0.5, 0.6) is 0 Å². The normalized spacial score (nSPS) is 16.2. The average Bonchev–Trinajstić information content (AvgIpc) is 2.71. The van der Waals surface area contributed by atoms with E-state index in [2.05, 4.69) is 0 Å². The molecule has 0 fully saturated rings. The average molecular weight is 276 g/mol. The number of aryl methyl sites for hydroxylation is 1. The Morgan fingerprint density at radius 3 is 2.75 bits per heavy atom. The van der Waals surface area contributed by atoms with Gasteiger partial charge in [0.05, 0.1) is 17.9 Å². The van der Waals surface area contributed by atoms with Gasteiger partial charge in [0.1, 0.15) is 0 Å². The van der Waals surface area contributed by atoms with Gasteiger partial charge in [-0.15, -0.1) is 0 Å². The smallest absolute Gasteiger partial charge is 0.339 e. The monoisotopic (exact) mass is 276 g/mol. The predicted molar refractivity (Wildman–Crippen MR) is 75.8 cm³/mol. The summed E-state index contributed by atoms with van der Waals surface area (Å²) in [4.78, 5) is 26.3. The Bertz CT molecular complexity index is 582. The van der Waals surface area contributed by atoms with E-state index in [0.29, 0.717) is 30.7 Å². The number of hydrogen-bond acceptors (Lipinski definition) is 4. The highest BCUT2D eigenvalue weighted by molar-refractivity contribution is 6.11. The number of allylic oxidation sites excluding steroid dienone is 1. The number of carbonyl (C=O) groups is 2. The lowest BCUT2D eigenvalue weighted by Gasteiger charge is -2.18. The first-order valence-corrected chi connectivity index (χ1v) is 6.72. The molecule has 0 saturated heterocycles. The molecule has 1 aliphatic rings. The standard InChI is InChI=1S/C15H20N2O3/c1-5-20-15(19)12-9-17(4)13-11(12)7-6-10(14(13)18)8-16(2)3/h8-9H,5-7H2,1-4H3/b10-8-. The number of aromatic nitrogens is 1. The maximum absolute atomic E-state index is 12.5. The zero-order chi connectivity index (χ0) is 14.9. The van der Waals surface area contributed by atoms with Crippen LogP contribution in [0, 0.1) is 0 Å². The lowest BCUT2D eigenvalue weighted by atomic mass is 9.90. The van der Waals surface area contributed by atoms with Gasteiger partial charge in [-0.05, 0) is 25.3 Å². The SMILES string of the molecule is CCOC(=O)c1cn(C)c2c1CC/C(=C/N(C)C)C2=O. The Labute approximate surface area is 118 Å². The van der Waals surface area contributed by atoms with Gasteiger partial charge in [-0.1, -0.05) is 0 Å². The van der Waals surface area contributed by atoms with Crippen molar-refractivity contribution >= 4 is 11.8 Å². The lowest BCUT2D eigenvalue weighted by Crippen LogP contribution is -2.20. The van der Waals surface area contributed by atoms with Crippen LogP contribution in [0.15, 0.2) is 18.0 Å². The molecule has 0 aliphatic heterocycles. The van der Waals surface area contributed by atoms with Crippen LogP contribution in [-0.4, -0.2) is 41.9 Å². The summed E-state index contributed by atoms with van der Waals surface area (Å²) >= 11 is 0. The Kier molecular flexibility index (Phi) is 3.97.